The third kappa shape index (κ3) is 6.65. The minimum absolute atomic E-state index is 0. The molecular weight excluding hydrogens is 436 g/mol. The Kier molecular flexibility index (Phi) is 7.97. The van der Waals surface area contributed by atoms with Crippen molar-refractivity contribution in [2.24, 2.45) is 10.9 Å². The molecule has 0 radical (unpaired) electrons. The zero-order valence-electron chi connectivity index (χ0n) is 13.5. The van der Waals surface area contributed by atoms with Crippen molar-refractivity contribution in [2.75, 3.05) is 25.0 Å². The van der Waals surface area contributed by atoms with Crippen LogP contribution < -0.4 is 16.0 Å². The molecule has 0 bridgehead atoms. The van der Waals surface area contributed by atoms with Crippen molar-refractivity contribution >= 4 is 35.9 Å². The molecule has 0 aliphatic heterocycles. The second kappa shape index (κ2) is 9.23. The minimum Gasteiger partial charge on any atom is -0.357 e. The summed E-state index contributed by atoms with van der Waals surface area (Å²) >= 11 is 0. The fourth-order valence-corrected chi connectivity index (χ4v) is 1.96. The number of guanidine groups is 1. The van der Waals surface area contributed by atoms with Gasteiger partial charge in [0.15, 0.2) is 5.96 Å². The molecule has 1 saturated carbocycles. The van der Waals surface area contributed by atoms with Crippen LogP contribution in [0.2, 0.25) is 0 Å². The van der Waals surface area contributed by atoms with Crippen LogP contribution in [0.15, 0.2) is 17.3 Å². The molecule has 136 valence electrons. The van der Waals surface area contributed by atoms with Crippen molar-refractivity contribution in [3.05, 3.63) is 18.0 Å². The van der Waals surface area contributed by atoms with Crippen LogP contribution in [0.4, 0.5) is 19.1 Å². The molecule has 24 heavy (non-hydrogen) atoms. The predicted octanol–water partition coefficient (Wildman–Crippen LogP) is 2.49. The van der Waals surface area contributed by atoms with Gasteiger partial charge in [0.1, 0.15) is 5.69 Å². The molecular formula is C14H22F3IN6. The molecule has 1 aliphatic rings. The van der Waals surface area contributed by atoms with Crippen molar-refractivity contribution in [3.63, 3.8) is 0 Å². The van der Waals surface area contributed by atoms with Crippen LogP contribution in [0.1, 0.15) is 26.0 Å². The normalized spacial score (nSPS) is 20.1. The molecule has 0 saturated heterocycles. The lowest BCUT2D eigenvalue weighted by Gasteiger charge is -2.11. The second-order valence-corrected chi connectivity index (χ2v) is 5.41. The lowest BCUT2D eigenvalue weighted by Crippen LogP contribution is -2.39. The number of halogens is 4. The quantitative estimate of drug-likeness (QED) is 0.265. The molecule has 1 aromatic rings. The van der Waals surface area contributed by atoms with Crippen LogP contribution in [0.3, 0.4) is 0 Å². The van der Waals surface area contributed by atoms with Gasteiger partial charge in [-0.25, -0.2) is 9.97 Å². The van der Waals surface area contributed by atoms with Crippen LogP contribution in [-0.2, 0) is 6.18 Å². The average molecular weight is 458 g/mol. The van der Waals surface area contributed by atoms with E-state index in [1.807, 2.05) is 6.92 Å². The summed E-state index contributed by atoms with van der Waals surface area (Å²) in [6, 6.07) is 1.29. The molecule has 0 aromatic carbocycles. The summed E-state index contributed by atoms with van der Waals surface area (Å²) in [6.07, 6.45) is -2.26. The van der Waals surface area contributed by atoms with E-state index in [1.165, 1.54) is 0 Å². The smallest absolute Gasteiger partial charge is 0.357 e. The van der Waals surface area contributed by atoms with Gasteiger partial charge in [0, 0.05) is 25.3 Å². The molecule has 2 unspecified atom stereocenters. The van der Waals surface area contributed by atoms with Gasteiger partial charge in [-0.15, -0.1) is 24.0 Å². The van der Waals surface area contributed by atoms with Crippen LogP contribution >= 0.6 is 24.0 Å². The van der Waals surface area contributed by atoms with Crippen LogP contribution in [0.5, 0.6) is 0 Å². The van der Waals surface area contributed by atoms with Crippen molar-refractivity contribution in [3.8, 4) is 0 Å². The highest BCUT2D eigenvalue weighted by atomic mass is 127. The highest BCUT2D eigenvalue weighted by Gasteiger charge is 2.33. The molecule has 10 heteroatoms. The number of hydrogen-bond acceptors (Lipinski definition) is 4. The first-order valence-corrected chi connectivity index (χ1v) is 7.59. The molecule has 0 amide bonds. The lowest BCUT2D eigenvalue weighted by atomic mass is 10.4. The van der Waals surface area contributed by atoms with E-state index >= 15 is 0 Å². The summed E-state index contributed by atoms with van der Waals surface area (Å²) < 4.78 is 37.6. The van der Waals surface area contributed by atoms with Gasteiger partial charge in [-0.3, -0.25) is 4.99 Å². The van der Waals surface area contributed by atoms with Gasteiger partial charge >= 0.3 is 6.18 Å². The molecule has 1 fully saturated rings. The predicted molar refractivity (Wildman–Crippen MR) is 97.6 cm³/mol. The van der Waals surface area contributed by atoms with E-state index in [2.05, 4.69) is 37.8 Å². The number of aliphatic imine (C=N–C) groups is 1. The number of nitrogens with one attached hydrogen (secondary N) is 3. The van der Waals surface area contributed by atoms with Gasteiger partial charge < -0.3 is 16.0 Å². The summed E-state index contributed by atoms with van der Waals surface area (Å²) in [6.45, 7) is 5.63. The second-order valence-electron chi connectivity index (χ2n) is 5.41. The number of hydrogen-bond donors (Lipinski definition) is 3. The third-order valence-corrected chi connectivity index (χ3v) is 3.39. The maximum Gasteiger partial charge on any atom is 0.433 e. The van der Waals surface area contributed by atoms with Crippen molar-refractivity contribution in [1.82, 2.24) is 20.6 Å². The van der Waals surface area contributed by atoms with E-state index in [0.717, 1.165) is 25.2 Å². The highest BCUT2D eigenvalue weighted by Crippen LogP contribution is 2.29. The Morgan fingerprint density at radius 1 is 1.42 bits per heavy atom. The number of anilines is 1. The fourth-order valence-electron chi connectivity index (χ4n) is 1.96. The summed E-state index contributed by atoms with van der Waals surface area (Å²) in [7, 11) is 0. The molecule has 0 spiro atoms. The van der Waals surface area contributed by atoms with E-state index in [4.69, 9.17) is 0 Å². The van der Waals surface area contributed by atoms with Gasteiger partial charge in [0.25, 0.3) is 0 Å². The summed E-state index contributed by atoms with van der Waals surface area (Å²) in [5.41, 5.74) is -0.962. The Hall–Kier alpha value is -1.33. The van der Waals surface area contributed by atoms with Crippen molar-refractivity contribution in [1.29, 1.82) is 0 Å². The highest BCUT2D eigenvalue weighted by molar-refractivity contribution is 14.0. The van der Waals surface area contributed by atoms with Gasteiger partial charge in [0.2, 0.25) is 5.95 Å². The van der Waals surface area contributed by atoms with E-state index in [9.17, 15) is 13.2 Å². The van der Waals surface area contributed by atoms with Gasteiger partial charge in [0.05, 0.1) is 6.54 Å². The summed E-state index contributed by atoms with van der Waals surface area (Å²) in [4.78, 5) is 11.6. The summed E-state index contributed by atoms with van der Waals surface area (Å²) in [5.74, 6) is 1.31. The Bertz CT molecular complexity index is 552. The van der Waals surface area contributed by atoms with Crippen LogP contribution in [-0.4, -0.2) is 41.6 Å². The van der Waals surface area contributed by atoms with Crippen LogP contribution in [0.25, 0.3) is 0 Å². The first-order valence-electron chi connectivity index (χ1n) is 7.59. The Balaban J connectivity index is 0.00000288. The molecule has 2 rings (SSSR count). The largest absolute Gasteiger partial charge is 0.433 e. The standard InChI is InChI=1S/C14H21F3N6.HI/c1-3-18-12(22-10-8-9(10)2)20-6-7-21-13-19-5-4-11(23-13)14(15,16)17;/h4-5,9-10H,3,6-8H2,1-2H3,(H2,18,20,22)(H,19,21,23);1H. The van der Waals surface area contributed by atoms with E-state index in [1.54, 1.807) is 0 Å². The van der Waals surface area contributed by atoms with E-state index < -0.39 is 11.9 Å². The van der Waals surface area contributed by atoms with Crippen molar-refractivity contribution in [2.45, 2.75) is 32.5 Å². The Morgan fingerprint density at radius 2 is 2.12 bits per heavy atom. The molecule has 6 nitrogen and oxygen atoms in total. The minimum atomic E-state index is -4.47. The molecule has 1 heterocycles. The summed E-state index contributed by atoms with van der Waals surface area (Å²) in [5, 5.41) is 9.18. The molecule has 2 atom stereocenters. The Morgan fingerprint density at radius 3 is 2.71 bits per heavy atom. The van der Waals surface area contributed by atoms with Gasteiger partial charge in [-0.2, -0.15) is 13.2 Å². The monoisotopic (exact) mass is 458 g/mol. The topological polar surface area (TPSA) is 74.2 Å². The maximum atomic E-state index is 12.5. The van der Waals surface area contributed by atoms with Gasteiger partial charge in [-0.05, 0) is 25.3 Å². The fraction of sp³-hybridized carbons (Fsp3) is 0.643. The molecule has 1 aromatic heterocycles. The van der Waals surface area contributed by atoms with Crippen LogP contribution in [0, 0.1) is 5.92 Å². The first-order chi connectivity index (χ1) is 10.9. The number of nitrogens with zero attached hydrogens (tertiary/aromatic N) is 3. The molecule has 3 N–H and O–H groups in total. The van der Waals surface area contributed by atoms with E-state index in [-0.39, 0.29) is 29.9 Å². The third-order valence-electron chi connectivity index (χ3n) is 3.39. The SMILES string of the molecule is CCNC(=NCCNc1nccc(C(F)(F)F)n1)NC1CC1C.I. The van der Waals surface area contributed by atoms with Crippen molar-refractivity contribution < 1.29 is 13.2 Å². The Labute approximate surface area is 156 Å². The zero-order valence-corrected chi connectivity index (χ0v) is 15.9. The van der Waals surface area contributed by atoms with E-state index in [0.29, 0.717) is 31.0 Å². The maximum absolute atomic E-state index is 12.5. The number of alkyl halides is 3. The number of aromatic nitrogens is 2. The first kappa shape index (κ1) is 20.7. The van der Waals surface area contributed by atoms with Gasteiger partial charge in [-0.1, -0.05) is 6.92 Å². The number of rotatable bonds is 6. The average Bonchev–Trinajstić information content (AvgIpc) is 3.18. The zero-order chi connectivity index (χ0) is 16.9. The molecule has 1 aliphatic carbocycles. The lowest BCUT2D eigenvalue weighted by molar-refractivity contribution is -0.141.